The van der Waals surface area contributed by atoms with Crippen LogP contribution in [0, 0.1) is 5.82 Å². The predicted octanol–water partition coefficient (Wildman–Crippen LogP) is 1.70. The van der Waals surface area contributed by atoms with Gasteiger partial charge in [0.1, 0.15) is 5.82 Å². The molecular weight excluding hydrogens is 225 g/mol. The molecule has 5 heteroatoms. The number of likely N-dealkylation sites (tertiary alicyclic amines) is 1. The van der Waals surface area contributed by atoms with E-state index in [1.54, 1.807) is 12.1 Å². The highest BCUT2D eigenvalue weighted by Gasteiger charge is 2.37. The van der Waals surface area contributed by atoms with E-state index in [2.05, 4.69) is 4.74 Å². The van der Waals surface area contributed by atoms with Gasteiger partial charge in [0.15, 0.2) is 0 Å². The number of aliphatic hydroxyl groups excluding tert-OH is 1. The molecule has 1 amide bonds. The SMILES string of the molecule is COC(=O)N1CC[C@H](O)[C@@H]1c1ccc(F)cc1. The lowest BCUT2D eigenvalue weighted by atomic mass is 10.0. The zero-order valence-electron chi connectivity index (χ0n) is 9.47. The second-order valence-electron chi connectivity index (χ2n) is 4.02. The zero-order chi connectivity index (χ0) is 12.4. The molecule has 0 radical (unpaired) electrons. The molecule has 1 fully saturated rings. The van der Waals surface area contributed by atoms with Crippen LogP contribution in [0.2, 0.25) is 0 Å². The lowest BCUT2D eigenvalue weighted by Gasteiger charge is -2.25. The van der Waals surface area contributed by atoms with Gasteiger partial charge in [-0.15, -0.1) is 0 Å². The maximum Gasteiger partial charge on any atom is 0.410 e. The Morgan fingerprint density at radius 2 is 2.12 bits per heavy atom. The number of rotatable bonds is 1. The van der Waals surface area contributed by atoms with Crippen LogP contribution in [0.15, 0.2) is 24.3 Å². The first-order chi connectivity index (χ1) is 8.13. The summed E-state index contributed by atoms with van der Waals surface area (Å²) in [5.74, 6) is -0.342. The molecule has 1 aliphatic heterocycles. The molecule has 2 rings (SSSR count). The van der Waals surface area contributed by atoms with E-state index in [4.69, 9.17) is 0 Å². The highest BCUT2D eigenvalue weighted by atomic mass is 19.1. The van der Waals surface area contributed by atoms with Crippen molar-refractivity contribution in [2.24, 2.45) is 0 Å². The van der Waals surface area contributed by atoms with Crippen LogP contribution in [0.5, 0.6) is 0 Å². The summed E-state index contributed by atoms with van der Waals surface area (Å²) in [7, 11) is 1.30. The minimum atomic E-state index is -0.639. The van der Waals surface area contributed by atoms with Gasteiger partial charge in [-0.05, 0) is 24.1 Å². The molecular formula is C12H14FNO3. The van der Waals surface area contributed by atoms with E-state index >= 15 is 0 Å². The molecule has 92 valence electrons. The lowest BCUT2D eigenvalue weighted by molar-refractivity contribution is 0.0887. The summed E-state index contributed by atoms with van der Waals surface area (Å²) in [4.78, 5) is 13.0. The Morgan fingerprint density at radius 3 is 2.71 bits per heavy atom. The molecule has 0 saturated carbocycles. The second kappa shape index (κ2) is 4.71. The first-order valence-electron chi connectivity index (χ1n) is 5.41. The van der Waals surface area contributed by atoms with Crippen LogP contribution >= 0.6 is 0 Å². The van der Waals surface area contributed by atoms with Crippen LogP contribution < -0.4 is 0 Å². The fourth-order valence-electron chi connectivity index (χ4n) is 2.16. The van der Waals surface area contributed by atoms with Crippen LogP contribution in [0.3, 0.4) is 0 Å². The van der Waals surface area contributed by atoms with Crippen LogP contribution in [-0.2, 0) is 4.74 Å². The number of ether oxygens (including phenoxy) is 1. The van der Waals surface area contributed by atoms with Crippen LogP contribution in [0.4, 0.5) is 9.18 Å². The van der Waals surface area contributed by atoms with E-state index in [9.17, 15) is 14.3 Å². The molecule has 0 unspecified atom stereocenters. The predicted molar refractivity (Wildman–Crippen MR) is 58.9 cm³/mol. The van der Waals surface area contributed by atoms with Gasteiger partial charge >= 0.3 is 6.09 Å². The fourth-order valence-corrected chi connectivity index (χ4v) is 2.16. The third kappa shape index (κ3) is 2.24. The Morgan fingerprint density at radius 1 is 1.47 bits per heavy atom. The maximum absolute atomic E-state index is 12.8. The summed E-state index contributed by atoms with van der Waals surface area (Å²) in [6.45, 7) is 0.440. The Hall–Kier alpha value is -1.62. The van der Waals surface area contributed by atoms with E-state index in [-0.39, 0.29) is 5.82 Å². The summed E-state index contributed by atoms with van der Waals surface area (Å²) in [6.07, 6.45) is -0.618. The highest BCUT2D eigenvalue weighted by molar-refractivity contribution is 5.68. The van der Waals surface area contributed by atoms with E-state index in [1.165, 1.54) is 24.1 Å². The fraction of sp³-hybridized carbons (Fsp3) is 0.417. The van der Waals surface area contributed by atoms with Crippen molar-refractivity contribution >= 4 is 6.09 Å². The highest BCUT2D eigenvalue weighted by Crippen LogP contribution is 2.32. The minimum Gasteiger partial charge on any atom is -0.453 e. The number of amides is 1. The molecule has 0 bridgehead atoms. The zero-order valence-corrected chi connectivity index (χ0v) is 9.47. The largest absolute Gasteiger partial charge is 0.453 e. The molecule has 1 aromatic rings. The van der Waals surface area contributed by atoms with Crippen molar-refractivity contribution in [3.8, 4) is 0 Å². The summed E-state index contributed by atoms with van der Waals surface area (Å²) >= 11 is 0. The number of carbonyl (C=O) groups is 1. The van der Waals surface area contributed by atoms with E-state index in [0.29, 0.717) is 18.5 Å². The molecule has 17 heavy (non-hydrogen) atoms. The van der Waals surface area contributed by atoms with Gasteiger partial charge < -0.3 is 9.84 Å². The third-order valence-corrected chi connectivity index (χ3v) is 2.99. The second-order valence-corrected chi connectivity index (χ2v) is 4.02. The van der Waals surface area contributed by atoms with Crippen molar-refractivity contribution in [3.63, 3.8) is 0 Å². The van der Waals surface area contributed by atoms with E-state index in [0.717, 1.165) is 0 Å². The number of nitrogens with zero attached hydrogens (tertiary/aromatic N) is 1. The Kier molecular flexibility index (Phi) is 3.28. The van der Waals surface area contributed by atoms with Gasteiger partial charge in [0.05, 0.1) is 19.3 Å². The van der Waals surface area contributed by atoms with Crippen molar-refractivity contribution in [2.45, 2.75) is 18.6 Å². The Bertz CT molecular complexity index is 407. The molecule has 1 aliphatic rings. The van der Waals surface area contributed by atoms with Gasteiger partial charge in [0.25, 0.3) is 0 Å². The molecule has 2 atom stereocenters. The van der Waals surface area contributed by atoms with Crippen molar-refractivity contribution in [2.75, 3.05) is 13.7 Å². The third-order valence-electron chi connectivity index (χ3n) is 2.99. The maximum atomic E-state index is 12.8. The standard InChI is InChI=1S/C12H14FNO3/c1-17-12(16)14-7-6-10(15)11(14)8-2-4-9(13)5-3-8/h2-5,10-11,15H,6-7H2,1H3/t10-,11-/m0/s1. The summed E-state index contributed by atoms with van der Waals surface area (Å²) in [5, 5.41) is 9.88. The van der Waals surface area contributed by atoms with Gasteiger partial charge in [-0.25, -0.2) is 9.18 Å². The molecule has 4 nitrogen and oxygen atoms in total. The number of methoxy groups -OCH3 is 1. The summed E-state index contributed by atoms with van der Waals surface area (Å²) in [5.41, 5.74) is 0.710. The molecule has 0 aromatic heterocycles. The molecule has 1 aromatic carbocycles. The first kappa shape index (κ1) is 11.9. The molecule has 1 heterocycles. The average molecular weight is 239 g/mol. The number of benzene rings is 1. The number of hydrogen-bond acceptors (Lipinski definition) is 3. The van der Waals surface area contributed by atoms with Crippen LogP contribution in [0.25, 0.3) is 0 Å². The van der Waals surface area contributed by atoms with Crippen molar-refractivity contribution in [3.05, 3.63) is 35.6 Å². The van der Waals surface area contributed by atoms with Crippen molar-refractivity contribution in [1.29, 1.82) is 0 Å². The van der Waals surface area contributed by atoms with Crippen LogP contribution in [0.1, 0.15) is 18.0 Å². The van der Waals surface area contributed by atoms with Gasteiger partial charge in [0.2, 0.25) is 0 Å². The number of hydrogen-bond donors (Lipinski definition) is 1. The summed E-state index contributed by atoms with van der Waals surface area (Å²) < 4.78 is 17.5. The summed E-state index contributed by atoms with van der Waals surface area (Å²) in [6, 6.07) is 5.32. The number of halogens is 1. The molecule has 1 N–H and O–H groups in total. The lowest BCUT2D eigenvalue weighted by Crippen LogP contribution is -2.33. The van der Waals surface area contributed by atoms with Crippen molar-refractivity contribution < 1.29 is 19.0 Å². The normalized spacial score (nSPS) is 23.8. The van der Waals surface area contributed by atoms with Gasteiger partial charge in [0, 0.05) is 6.54 Å². The Balaban J connectivity index is 2.27. The smallest absolute Gasteiger partial charge is 0.410 e. The minimum absolute atomic E-state index is 0.342. The number of aliphatic hydroxyl groups is 1. The topological polar surface area (TPSA) is 49.8 Å². The van der Waals surface area contributed by atoms with Gasteiger partial charge in [-0.1, -0.05) is 12.1 Å². The Labute approximate surface area is 98.6 Å². The first-order valence-corrected chi connectivity index (χ1v) is 5.41. The molecule has 0 spiro atoms. The average Bonchev–Trinajstić information content (AvgIpc) is 2.71. The van der Waals surface area contributed by atoms with E-state index < -0.39 is 18.2 Å². The van der Waals surface area contributed by atoms with Crippen molar-refractivity contribution in [1.82, 2.24) is 4.90 Å². The molecule has 0 aliphatic carbocycles. The monoisotopic (exact) mass is 239 g/mol. The van der Waals surface area contributed by atoms with Gasteiger partial charge in [-0.3, -0.25) is 4.90 Å². The van der Waals surface area contributed by atoms with Crippen LogP contribution in [-0.4, -0.2) is 35.9 Å². The quantitative estimate of drug-likeness (QED) is 0.811. The van der Waals surface area contributed by atoms with E-state index in [1.807, 2.05) is 0 Å². The number of carbonyl (C=O) groups excluding carboxylic acids is 1. The van der Waals surface area contributed by atoms with Gasteiger partial charge in [-0.2, -0.15) is 0 Å². The molecule has 1 saturated heterocycles.